The van der Waals surface area contributed by atoms with Crippen molar-refractivity contribution in [1.82, 2.24) is 19.7 Å². The summed E-state index contributed by atoms with van der Waals surface area (Å²) in [6.07, 6.45) is 1.73. The van der Waals surface area contributed by atoms with Gasteiger partial charge in [-0.3, -0.25) is 4.68 Å². The van der Waals surface area contributed by atoms with Crippen molar-refractivity contribution < 1.29 is 4.39 Å². The molecule has 7 heteroatoms. The summed E-state index contributed by atoms with van der Waals surface area (Å²) in [4.78, 5) is 9.55. The van der Waals surface area contributed by atoms with E-state index >= 15 is 0 Å². The van der Waals surface area contributed by atoms with Crippen molar-refractivity contribution in [3.8, 4) is 0 Å². The number of nitrogens with zero attached hydrogens (tertiary/aromatic N) is 4. The zero-order valence-corrected chi connectivity index (χ0v) is 12.5. The highest BCUT2D eigenvalue weighted by molar-refractivity contribution is 7.98. The molecule has 0 aliphatic heterocycles. The summed E-state index contributed by atoms with van der Waals surface area (Å²) in [6.45, 7) is 0. The van der Waals surface area contributed by atoms with Gasteiger partial charge >= 0.3 is 0 Å². The lowest BCUT2D eigenvalue weighted by Gasteiger charge is -2.06. The van der Waals surface area contributed by atoms with Gasteiger partial charge in [-0.25, -0.2) is 14.4 Å². The van der Waals surface area contributed by atoms with E-state index in [0.29, 0.717) is 16.5 Å². The number of aromatic nitrogens is 4. The maximum atomic E-state index is 13.6. The predicted octanol–water partition coefficient (Wildman–Crippen LogP) is 2.84. The van der Waals surface area contributed by atoms with Gasteiger partial charge in [0.2, 0.25) is 0 Å². The van der Waals surface area contributed by atoms with E-state index in [1.165, 1.54) is 17.8 Å². The second-order valence-corrected chi connectivity index (χ2v) is 5.48. The van der Waals surface area contributed by atoms with Gasteiger partial charge in [0, 0.05) is 19.0 Å². The third-order valence-corrected chi connectivity index (χ3v) is 4.11. The fourth-order valence-electron chi connectivity index (χ4n) is 2.03. The molecule has 108 valence electrons. The van der Waals surface area contributed by atoms with Crippen LogP contribution in [0.1, 0.15) is 5.82 Å². The Labute approximate surface area is 125 Å². The fourth-order valence-corrected chi connectivity index (χ4v) is 2.82. The Morgan fingerprint density at radius 3 is 2.86 bits per heavy atom. The Balaban J connectivity index is 1.90. The van der Waals surface area contributed by atoms with Gasteiger partial charge in [0.05, 0.1) is 17.3 Å². The molecule has 0 spiro atoms. The first-order chi connectivity index (χ1) is 10.2. The third kappa shape index (κ3) is 2.69. The lowest BCUT2D eigenvalue weighted by molar-refractivity contribution is 0.602. The summed E-state index contributed by atoms with van der Waals surface area (Å²) in [6, 6.07) is 6.69. The zero-order valence-electron chi connectivity index (χ0n) is 11.7. The number of halogens is 1. The smallest absolute Gasteiger partial charge is 0.163 e. The molecule has 0 fully saturated rings. The van der Waals surface area contributed by atoms with Gasteiger partial charge < -0.3 is 5.32 Å². The molecule has 2 heterocycles. The molecule has 0 aliphatic carbocycles. The second-order valence-electron chi connectivity index (χ2n) is 4.46. The van der Waals surface area contributed by atoms with Crippen LogP contribution in [0.15, 0.2) is 35.4 Å². The van der Waals surface area contributed by atoms with Crippen LogP contribution in [0.25, 0.3) is 11.0 Å². The summed E-state index contributed by atoms with van der Waals surface area (Å²) in [5.41, 5.74) is 0.762. The topological polar surface area (TPSA) is 55.6 Å². The van der Waals surface area contributed by atoms with Crippen molar-refractivity contribution in [3.05, 3.63) is 42.1 Å². The highest BCUT2D eigenvalue weighted by Crippen LogP contribution is 2.26. The molecule has 0 saturated heterocycles. The van der Waals surface area contributed by atoms with Crippen molar-refractivity contribution in [2.75, 3.05) is 12.4 Å². The Morgan fingerprint density at radius 2 is 2.10 bits per heavy atom. The predicted molar refractivity (Wildman–Crippen MR) is 81.8 cm³/mol. The molecule has 0 radical (unpaired) electrons. The summed E-state index contributed by atoms with van der Waals surface area (Å²) in [7, 11) is 3.64. The molecule has 3 aromatic rings. The SMILES string of the molecule is CNc1nc(CSc2ccccc2F)nc2c1cnn2C. The summed E-state index contributed by atoms with van der Waals surface area (Å²) < 4.78 is 15.3. The lowest BCUT2D eigenvalue weighted by atomic mass is 10.3. The van der Waals surface area contributed by atoms with Gasteiger partial charge in [-0.2, -0.15) is 5.10 Å². The van der Waals surface area contributed by atoms with E-state index in [4.69, 9.17) is 0 Å². The van der Waals surface area contributed by atoms with Gasteiger partial charge in [-0.05, 0) is 12.1 Å². The quantitative estimate of drug-likeness (QED) is 0.751. The van der Waals surface area contributed by atoms with Gasteiger partial charge in [0.25, 0.3) is 0 Å². The summed E-state index contributed by atoms with van der Waals surface area (Å²) in [5, 5.41) is 8.11. The Hall–Kier alpha value is -2.15. The number of benzene rings is 1. The van der Waals surface area contributed by atoms with Crippen LogP contribution in [0.3, 0.4) is 0 Å². The molecule has 0 amide bonds. The molecular formula is C14H14FN5S. The van der Waals surface area contributed by atoms with Crippen LogP contribution in [0.5, 0.6) is 0 Å². The van der Waals surface area contributed by atoms with Gasteiger partial charge in [-0.1, -0.05) is 12.1 Å². The second kappa shape index (κ2) is 5.69. The number of hydrogen-bond acceptors (Lipinski definition) is 5. The van der Waals surface area contributed by atoms with E-state index in [2.05, 4.69) is 20.4 Å². The van der Waals surface area contributed by atoms with Crippen LogP contribution < -0.4 is 5.32 Å². The van der Waals surface area contributed by atoms with Crippen molar-refractivity contribution in [2.45, 2.75) is 10.6 Å². The molecule has 2 aromatic heterocycles. The summed E-state index contributed by atoms with van der Waals surface area (Å²) in [5.74, 6) is 1.65. The van der Waals surface area contributed by atoms with E-state index in [9.17, 15) is 4.39 Å². The van der Waals surface area contributed by atoms with Crippen LogP contribution in [0, 0.1) is 5.82 Å². The van der Waals surface area contributed by atoms with Crippen molar-refractivity contribution >= 4 is 28.6 Å². The minimum absolute atomic E-state index is 0.224. The number of aryl methyl sites for hydroxylation is 1. The molecule has 0 atom stereocenters. The molecule has 21 heavy (non-hydrogen) atoms. The molecule has 0 unspecified atom stereocenters. The fraction of sp³-hybridized carbons (Fsp3) is 0.214. The Bertz CT molecular complexity index is 786. The first kappa shape index (κ1) is 13.8. The van der Waals surface area contributed by atoms with E-state index in [0.717, 1.165) is 16.9 Å². The molecule has 0 saturated carbocycles. The molecule has 1 aromatic carbocycles. The monoisotopic (exact) mass is 303 g/mol. The Kier molecular flexibility index (Phi) is 3.74. The van der Waals surface area contributed by atoms with Crippen LogP contribution >= 0.6 is 11.8 Å². The summed E-state index contributed by atoms with van der Waals surface area (Å²) >= 11 is 1.38. The number of fused-ring (bicyclic) bond motifs is 1. The third-order valence-electron chi connectivity index (χ3n) is 3.07. The first-order valence-corrected chi connectivity index (χ1v) is 7.41. The standard InChI is InChI=1S/C14H14FN5S/c1-16-13-9-7-17-20(2)14(9)19-12(18-13)8-21-11-6-4-3-5-10(11)15/h3-7H,8H2,1-2H3,(H,16,18,19). The zero-order chi connectivity index (χ0) is 14.8. The van der Waals surface area contributed by atoms with Gasteiger partial charge in [0.15, 0.2) is 5.65 Å². The van der Waals surface area contributed by atoms with Crippen molar-refractivity contribution in [2.24, 2.45) is 7.05 Å². The van der Waals surface area contributed by atoms with Crippen LogP contribution in [-0.4, -0.2) is 26.8 Å². The van der Waals surface area contributed by atoms with E-state index in [1.54, 1.807) is 23.0 Å². The molecule has 0 aliphatic rings. The van der Waals surface area contributed by atoms with Crippen molar-refractivity contribution in [3.63, 3.8) is 0 Å². The molecular weight excluding hydrogens is 289 g/mol. The maximum absolute atomic E-state index is 13.6. The number of thioether (sulfide) groups is 1. The number of nitrogens with one attached hydrogen (secondary N) is 1. The first-order valence-electron chi connectivity index (χ1n) is 6.42. The van der Waals surface area contributed by atoms with Gasteiger partial charge in [0.1, 0.15) is 17.5 Å². The van der Waals surface area contributed by atoms with Crippen LogP contribution in [0.4, 0.5) is 10.2 Å². The van der Waals surface area contributed by atoms with Crippen LogP contribution in [0.2, 0.25) is 0 Å². The molecule has 0 bridgehead atoms. The Morgan fingerprint density at radius 1 is 1.29 bits per heavy atom. The number of rotatable bonds is 4. The number of anilines is 1. The average Bonchev–Trinajstić information content (AvgIpc) is 2.87. The molecule has 3 rings (SSSR count). The van der Waals surface area contributed by atoms with Crippen LogP contribution in [-0.2, 0) is 12.8 Å². The van der Waals surface area contributed by atoms with E-state index in [-0.39, 0.29) is 5.82 Å². The van der Waals surface area contributed by atoms with Crippen molar-refractivity contribution in [1.29, 1.82) is 0 Å². The molecule has 5 nitrogen and oxygen atoms in total. The largest absolute Gasteiger partial charge is 0.372 e. The molecule has 1 N–H and O–H groups in total. The minimum Gasteiger partial charge on any atom is -0.372 e. The maximum Gasteiger partial charge on any atom is 0.163 e. The average molecular weight is 303 g/mol. The highest BCUT2D eigenvalue weighted by Gasteiger charge is 2.11. The highest BCUT2D eigenvalue weighted by atomic mass is 32.2. The van der Waals surface area contributed by atoms with Gasteiger partial charge in [-0.15, -0.1) is 11.8 Å². The number of hydrogen-bond donors (Lipinski definition) is 1. The normalized spacial score (nSPS) is 11.0. The van der Waals surface area contributed by atoms with E-state index < -0.39 is 0 Å². The van der Waals surface area contributed by atoms with E-state index in [1.807, 2.05) is 20.2 Å². The lowest BCUT2D eigenvalue weighted by Crippen LogP contribution is -2.02. The minimum atomic E-state index is -0.224.